The summed E-state index contributed by atoms with van der Waals surface area (Å²) in [5, 5.41) is 10.00. The van der Waals surface area contributed by atoms with Crippen LogP contribution in [0.2, 0.25) is 0 Å². The van der Waals surface area contributed by atoms with E-state index < -0.39 is 21.6 Å². The summed E-state index contributed by atoms with van der Waals surface area (Å²) >= 11 is 0. The fourth-order valence-electron chi connectivity index (χ4n) is 5.15. The molecular weight excluding hydrogens is 400 g/mol. The molecule has 0 aliphatic carbocycles. The van der Waals surface area contributed by atoms with Crippen LogP contribution in [0.5, 0.6) is 0 Å². The number of aryl methyl sites for hydroxylation is 1. The number of hydrogen-bond donors (Lipinski definition) is 1. The van der Waals surface area contributed by atoms with Gasteiger partial charge in [-0.05, 0) is 23.6 Å². The monoisotopic (exact) mass is 428 g/mol. The Morgan fingerprint density at radius 3 is 2.07 bits per heavy atom. The minimum Gasteiger partial charge on any atom is -0.395 e. The molecule has 160 valence electrons. The summed E-state index contributed by atoms with van der Waals surface area (Å²) in [5.74, 6) is -0.125. The molecule has 1 N–H and O–H groups in total. The highest BCUT2D eigenvalue weighted by molar-refractivity contribution is 7.88. The first kappa shape index (κ1) is 21.0. The van der Waals surface area contributed by atoms with Crippen LogP contribution in [0.1, 0.15) is 30.4 Å². The number of nitrogens with zero attached hydrogens (tertiary/aromatic N) is 2. The average molecular weight is 429 g/mol. The smallest absolute Gasteiger partial charge is 0.222 e. The number of amides is 1. The van der Waals surface area contributed by atoms with Crippen molar-refractivity contribution in [1.29, 1.82) is 0 Å². The predicted molar refractivity (Wildman–Crippen MR) is 117 cm³/mol. The molecule has 4 rings (SSSR count). The molecule has 0 bridgehead atoms. The van der Waals surface area contributed by atoms with Crippen LogP contribution in [0.4, 0.5) is 0 Å². The molecule has 0 radical (unpaired) electrons. The van der Waals surface area contributed by atoms with E-state index in [1.54, 1.807) is 11.8 Å². The Balaban J connectivity index is 1.66. The summed E-state index contributed by atoms with van der Waals surface area (Å²) in [7, 11) is -3.51. The summed E-state index contributed by atoms with van der Waals surface area (Å²) < 4.78 is 26.4. The standard InChI is InChI=1S/C23H28N2O4S/c1-4-21(27)24-14-23(15-24)22(20(13-26)25(23)30(3,28)29)19-11-9-18(10-12-19)17-7-5-16(2)6-8-17/h5-12,20,22,26H,4,13-15H2,1-3H3/t20-,22+/m1/s1. The van der Waals surface area contributed by atoms with Crippen molar-refractivity contribution in [3.8, 4) is 11.1 Å². The molecule has 0 aromatic heterocycles. The maximum absolute atomic E-state index is 12.5. The molecule has 30 heavy (non-hydrogen) atoms. The topological polar surface area (TPSA) is 77.9 Å². The number of carbonyl (C=O) groups is 1. The average Bonchev–Trinajstić information content (AvgIpc) is 2.66. The molecule has 2 aliphatic heterocycles. The lowest BCUT2D eigenvalue weighted by Crippen LogP contribution is -2.85. The quantitative estimate of drug-likeness (QED) is 0.793. The fourth-order valence-corrected chi connectivity index (χ4v) is 6.72. The molecule has 2 aromatic carbocycles. The van der Waals surface area contributed by atoms with Gasteiger partial charge in [0.2, 0.25) is 15.9 Å². The van der Waals surface area contributed by atoms with Gasteiger partial charge in [0.15, 0.2) is 0 Å². The fraction of sp³-hybridized carbons (Fsp3) is 0.435. The van der Waals surface area contributed by atoms with Crippen molar-refractivity contribution >= 4 is 15.9 Å². The van der Waals surface area contributed by atoms with E-state index >= 15 is 0 Å². The van der Waals surface area contributed by atoms with Crippen LogP contribution >= 0.6 is 0 Å². The van der Waals surface area contributed by atoms with Crippen LogP contribution in [0, 0.1) is 6.92 Å². The molecule has 2 atom stereocenters. The van der Waals surface area contributed by atoms with Crippen molar-refractivity contribution in [1.82, 2.24) is 9.21 Å². The number of rotatable bonds is 5. The summed E-state index contributed by atoms with van der Waals surface area (Å²) in [6.07, 6.45) is 1.58. The Kier molecular flexibility index (Phi) is 5.24. The molecule has 6 nitrogen and oxygen atoms in total. The van der Waals surface area contributed by atoms with E-state index in [9.17, 15) is 18.3 Å². The van der Waals surface area contributed by atoms with E-state index in [4.69, 9.17) is 0 Å². The lowest BCUT2D eigenvalue weighted by molar-refractivity contribution is -0.167. The van der Waals surface area contributed by atoms with Gasteiger partial charge in [-0.3, -0.25) is 4.79 Å². The highest BCUT2D eigenvalue weighted by Crippen LogP contribution is 2.55. The zero-order valence-corrected chi connectivity index (χ0v) is 18.4. The van der Waals surface area contributed by atoms with Gasteiger partial charge in [-0.2, -0.15) is 4.31 Å². The predicted octanol–water partition coefficient (Wildman–Crippen LogP) is 2.37. The van der Waals surface area contributed by atoms with Gasteiger partial charge in [-0.15, -0.1) is 0 Å². The summed E-state index contributed by atoms with van der Waals surface area (Å²) in [6.45, 7) is 4.35. The van der Waals surface area contributed by atoms with E-state index in [0.29, 0.717) is 19.5 Å². The van der Waals surface area contributed by atoms with Gasteiger partial charge in [0.1, 0.15) is 0 Å². The van der Waals surface area contributed by atoms with Gasteiger partial charge in [-0.1, -0.05) is 61.0 Å². The molecule has 2 aromatic rings. The summed E-state index contributed by atoms with van der Waals surface area (Å²) in [5.41, 5.74) is 3.74. The highest BCUT2D eigenvalue weighted by Gasteiger charge is 2.69. The maximum Gasteiger partial charge on any atom is 0.222 e. The van der Waals surface area contributed by atoms with E-state index in [1.165, 1.54) is 16.1 Å². The molecule has 1 spiro atoms. The van der Waals surface area contributed by atoms with Crippen LogP contribution in [-0.2, 0) is 14.8 Å². The minimum atomic E-state index is -3.51. The van der Waals surface area contributed by atoms with Gasteiger partial charge in [-0.25, -0.2) is 8.42 Å². The lowest BCUT2D eigenvalue weighted by atomic mass is 9.62. The first-order valence-electron chi connectivity index (χ1n) is 10.3. The van der Waals surface area contributed by atoms with Gasteiger partial charge in [0, 0.05) is 25.4 Å². The van der Waals surface area contributed by atoms with Gasteiger partial charge >= 0.3 is 0 Å². The third kappa shape index (κ3) is 3.25. The van der Waals surface area contributed by atoms with Gasteiger partial charge in [0.05, 0.1) is 24.4 Å². The third-order valence-electron chi connectivity index (χ3n) is 6.49. The van der Waals surface area contributed by atoms with Crippen molar-refractivity contribution in [3.05, 3.63) is 59.7 Å². The zero-order chi connectivity index (χ0) is 21.7. The van der Waals surface area contributed by atoms with Crippen LogP contribution in [0.3, 0.4) is 0 Å². The molecule has 1 amide bonds. The molecule has 2 aliphatic rings. The lowest BCUT2D eigenvalue weighted by Gasteiger charge is -2.69. The molecule has 0 saturated carbocycles. The number of carbonyl (C=O) groups excluding carboxylic acids is 1. The first-order valence-corrected chi connectivity index (χ1v) is 12.1. The maximum atomic E-state index is 12.5. The number of hydrogen-bond acceptors (Lipinski definition) is 4. The van der Waals surface area contributed by atoms with E-state index in [-0.39, 0.29) is 18.4 Å². The number of likely N-dealkylation sites (tertiary alicyclic amines) is 1. The molecule has 0 unspecified atom stereocenters. The largest absolute Gasteiger partial charge is 0.395 e. The van der Waals surface area contributed by atoms with E-state index in [0.717, 1.165) is 16.7 Å². The number of benzene rings is 2. The summed E-state index contributed by atoms with van der Waals surface area (Å²) in [6, 6.07) is 15.9. The van der Waals surface area contributed by atoms with Gasteiger partial charge < -0.3 is 10.0 Å². The normalized spacial score (nSPS) is 23.1. The number of sulfonamides is 1. The Labute approximate surface area is 178 Å². The highest BCUT2D eigenvalue weighted by atomic mass is 32.2. The van der Waals surface area contributed by atoms with Crippen LogP contribution in [0.25, 0.3) is 11.1 Å². The van der Waals surface area contributed by atoms with Crippen LogP contribution in [0.15, 0.2) is 48.5 Å². The number of aliphatic hydroxyl groups is 1. The summed E-state index contributed by atoms with van der Waals surface area (Å²) in [4.78, 5) is 13.8. The number of aliphatic hydroxyl groups excluding tert-OH is 1. The SMILES string of the molecule is CCC(=O)N1CC2(C1)[C@@H](c1ccc(-c3ccc(C)cc3)cc1)[C@@H](CO)N2S(C)(=O)=O. The first-order chi connectivity index (χ1) is 14.2. The van der Waals surface area contributed by atoms with E-state index in [1.807, 2.05) is 24.3 Å². The second kappa shape index (κ2) is 7.48. The Morgan fingerprint density at radius 2 is 1.60 bits per heavy atom. The Bertz CT molecular complexity index is 1040. The van der Waals surface area contributed by atoms with Gasteiger partial charge in [0.25, 0.3) is 0 Å². The molecule has 2 saturated heterocycles. The van der Waals surface area contributed by atoms with Crippen LogP contribution in [-0.4, -0.2) is 66.2 Å². The molecular formula is C23H28N2O4S. The second-order valence-corrected chi connectivity index (χ2v) is 10.3. The minimum absolute atomic E-state index is 0.0231. The molecule has 2 fully saturated rings. The zero-order valence-electron chi connectivity index (χ0n) is 17.6. The van der Waals surface area contributed by atoms with Crippen molar-refractivity contribution in [2.45, 2.75) is 37.8 Å². The van der Waals surface area contributed by atoms with Crippen molar-refractivity contribution < 1.29 is 18.3 Å². The van der Waals surface area contributed by atoms with Crippen molar-refractivity contribution in [2.75, 3.05) is 26.0 Å². The Morgan fingerprint density at radius 1 is 1.07 bits per heavy atom. The molecule has 2 heterocycles. The van der Waals surface area contributed by atoms with Crippen molar-refractivity contribution in [2.24, 2.45) is 0 Å². The third-order valence-corrected chi connectivity index (χ3v) is 7.84. The van der Waals surface area contributed by atoms with Crippen LogP contribution < -0.4 is 0 Å². The second-order valence-electron chi connectivity index (χ2n) is 8.48. The van der Waals surface area contributed by atoms with Crippen molar-refractivity contribution in [3.63, 3.8) is 0 Å². The Hall–Kier alpha value is -2.22. The molecule has 7 heteroatoms. The van der Waals surface area contributed by atoms with E-state index in [2.05, 4.69) is 31.2 Å².